The van der Waals surface area contributed by atoms with E-state index in [1.54, 1.807) is 0 Å². The molecular weight excluding hydrogens is 338 g/mol. The number of aromatic nitrogens is 3. The van der Waals surface area contributed by atoms with Crippen molar-refractivity contribution in [1.29, 1.82) is 0 Å². The second-order valence-corrected chi connectivity index (χ2v) is 6.03. The number of ether oxygens (including phenoxy) is 1. The first-order valence-electron chi connectivity index (χ1n) is 7.13. The Kier molecular flexibility index (Phi) is 5.00. The molecule has 0 bridgehead atoms. The van der Waals surface area contributed by atoms with E-state index in [1.807, 2.05) is 20.8 Å². The Morgan fingerprint density at radius 2 is 2.00 bits per heavy atom. The molecule has 134 valence electrons. The molecule has 0 aliphatic rings. The number of amides is 1. The molecule has 0 spiro atoms. The zero-order valence-electron chi connectivity index (χ0n) is 13.7. The van der Waals surface area contributed by atoms with E-state index >= 15 is 0 Å². The highest BCUT2D eigenvalue weighted by Crippen LogP contribution is 2.28. The summed E-state index contributed by atoms with van der Waals surface area (Å²) in [7, 11) is 0. The van der Waals surface area contributed by atoms with Gasteiger partial charge in [0.1, 0.15) is 12.1 Å². The number of carbonyl (C=O) groups excluding carboxylic acids is 1. The van der Waals surface area contributed by atoms with Gasteiger partial charge in [-0.1, -0.05) is 0 Å². The second kappa shape index (κ2) is 6.83. The van der Waals surface area contributed by atoms with Gasteiger partial charge in [0.25, 0.3) is 5.91 Å². The highest BCUT2D eigenvalue weighted by molar-refractivity contribution is 6.02. The topological polar surface area (TPSA) is 106 Å². The Morgan fingerprint density at radius 3 is 2.52 bits per heavy atom. The number of hydrogen-bond acceptors (Lipinski definition) is 5. The van der Waals surface area contributed by atoms with Gasteiger partial charge in [-0.25, -0.2) is 14.5 Å². The maximum atomic E-state index is 12.5. The Bertz CT molecular complexity index is 799. The quantitative estimate of drug-likeness (QED) is 0.855. The largest absolute Gasteiger partial charge is 0.478 e. The van der Waals surface area contributed by atoms with Crippen LogP contribution in [-0.2, 0) is 5.54 Å². The molecule has 0 saturated carbocycles. The van der Waals surface area contributed by atoms with E-state index in [4.69, 9.17) is 5.11 Å². The predicted octanol–water partition coefficient (Wildman–Crippen LogP) is 2.58. The van der Waals surface area contributed by atoms with Gasteiger partial charge in [-0.2, -0.15) is 8.78 Å². The molecule has 0 aliphatic carbocycles. The van der Waals surface area contributed by atoms with E-state index in [9.17, 15) is 18.4 Å². The fraction of sp³-hybridized carbons (Fsp3) is 0.333. The first kappa shape index (κ1) is 18.3. The molecule has 25 heavy (non-hydrogen) atoms. The number of rotatable bonds is 5. The molecule has 0 atom stereocenters. The molecule has 2 N–H and O–H groups in total. The maximum absolute atomic E-state index is 12.5. The van der Waals surface area contributed by atoms with Crippen LogP contribution in [0.5, 0.6) is 5.75 Å². The highest BCUT2D eigenvalue weighted by Gasteiger charge is 2.20. The zero-order valence-corrected chi connectivity index (χ0v) is 13.7. The van der Waals surface area contributed by atoms with E-state index in [2.05, 4.69) is 20.1 Å². The second-order valence-electron chi connectivity index (χ2n) is 6.03. The Morgan fingerprint density at radius 1 is 1.32 bits per heavy atom. The van der Waals surface area contributed by atoms with E-state index in [0.29, 0.717) is 0 Å². The minimum absolute atomic E-state index is 0.123. The summed E-state index contributed by atoms with van der Waals surface area (Å²) in [5, 5.41) is 15.3. The lowest BCUT2D eigenvalue weighted by Gasteiger charge is -2.17. The molecule has 0 radical (unpaired) electrons. The van der Waals surface area contributed by atoms with Gasteiger partial charge in [-0.05, 0) is 39.0 Å². The van der Waals surface area contributed by atoms with Crippen molar-refractivity contribution in [1.82, 2.24) is 14.8 Å². The van der Waals surface area contributed by atoms with Crippen molar-refractivity contribution >= 4 is 17.6 Å². The third-order valence-corrected chi connectivity index (χ3v) is 3.08. The lowest BCUT2D eigenvalue weighted by atomic mass is 10.1. The molecule has 2 rings (SSSR count). The van der Waals surface area contributed by atoms with Gasteiger partial charge >= 0.3 is 12.6 Å². The van der Waals surface area contributed by atoms with Crippen LogP contribution in [0.4, 0.5) is 14.5 Å². The number of halogens is 2. The molecule has 0 fully saturated rings. The molecule has 8 nitrogen and oxygen atoms in total. The molecule has 2 aromatic rings. The van der Waals surface area contributed by atoms with Gasteiger partial charge in [0, 0.05) is 0 Å². The van der Waals surface area contributed by atoms with Crippen LogP contribution in [0.15, 0.2) is 24.5 Å². The van der Waals surface area contributed by atoms with Crippen molar-refractivity contribution in [3.05, 3.63) is 35.9 Å². The van der Waals surface area contributed by atoms with E-state index in [1.165, 1.54) is 11.0 Å². The van der Waals surface area contributed by atoms with Gasteiger partial charge < -0.3 is 15.2 Å². The van der Waals surface area contributed by atoms with Crippen molar-refractivity contribution < 1.29 is 28.2 Å². The number of nitrogens with one attached hydrogen (secondary N) is 1. The van der Waals surface area contributed by atoms with Gasteiger partial charge in [0.15, 0.2) is 0 Å². The Hall–Kier alpha value is -3.04. The predicted molar refractivity (Wildman–Crippen MR) is 83.0 cm³/mol. The summed E-state index contributed by atoms with van der Waals surface area (Å²) in [6, 6.07) is 3.20. The number of hydrogen-bond donors (Lipinski definition) is 2. The minimum Gasteiger partial charge on any atom is -0.478 e. The number of aromatic carboxylic acids is 1. The molecule has 1 amide bonds. The third kappa shape index (κ3) is 4.49. The molecule has 1 aromatic carbocycles. The molecule has 10 heteroatoms. The number of alkyl halides is 2. The number of nitrogens with zero attached hydrogens (tertiary/aromatic N) is 3. The highest BCUT2D eigenvalue weighted by atomic mass is 19.3. The summed E-state index contributed by atoms with van der Waals surface area (Å²) in [6.07, 6.45) is 1.37. The Balaban J connectivity index is 2.27. The zero-order chi connectivity index (χ0) is 18.8. The molecule has 1 heterocycles. The SMILES string of the molecule is CC(C)(C)n1cnc(C(=O)Nc2ccc(C(=O)O)cc2OC(F)F)n1. The van der Waals surface area contributed by atoms with Crippen LogP contribution < -0.4 is 10.1 Å². The summed E-state index contributed by atoms with van der Waals surface area (Å²) >= 11 is 0. The summed E-state index contributed by atoms with van der Waals surface area (Å²) in [5.41, 5.74) is -0.773. The number of carboxylic acid groups (broad SMARTS) is 1. The average molecular weight is 354 g/mol. The van der Waals surface area contributed by atoms with Crippen LogP contribution in [0.25, 0.3) is 0 Å². The van der Waals surface area contributed by atoms with Crippen molar-refractivity contribution in [3.63, 3.8) is 0 Å². The third-order valence-electron chi connectivity index (χ3n) is 3.08. The van der Waals surface area contributed by atoms with Gasteiger partial charge in [0.05, 0.1) is 16.8 Å². The summed E-state index contributed by atoms with van der Waals surface area (Å²) in [5.74, 6) is -2.70. The molecule has 0 unspecified atom stereocenters. The fourth-order valence-corrected chi connectivity index (χ4v) is 1.82. The monoisotopic (exact) mass is 354 g/mol. The molecule has 0 aliphatic heterocycles. The normalized spacial score (nSPS) is 11.4. The van der Waals surface area contributed by atoms with E-state index < -0.39 is 29.8 Å². The summed E-state index contributed by atoms with van der Waals surface area (Å²) < 4.78 is 30.8. The minimum atomic E-state index is -3.18. The van der Waals surface area contributed by atoms with Crippen LogP contribution in [0.1, 0.15) is 41.7 Å². The van der Waals surface area contributed by atoms with Crippen LogP contribution >= 0.6 is 0 Å². The van der Waals surface area contributed by atoms with E-state index in [0.717, 1.165) is 18.2 Å². The number of benzene rings is 1. The Labute approximate surface area is 141 Å². The summed E-state index contributed by atoms with van der Waals surface area (Å²) in [4.78, 5) is 27.0. The maximum Gasteiger partial charge on any atom is 0.387 e. The van der Waals surface area contributed by atoms with Gasteiger partial charge in [-0.15, -0.1) is 5.10 Å². The lowest BCUT2D eigenvalue weighted by Crippen LogP contribution is -2.23. The number of carbonyl (C=O) groups is 2. The molecule has 0 saturated heterocycles. The smallest absolute Gasteiger partial charge is 0.387 e. The van der Waals surface area contributed by atoms with Gasteiger partial charge in [0.2, 0.25) is 5.82 Å². The van der Waals surface area contributed by atoms with Crippen LogP contribution in [0.2, 0.25) is 0 Å². The number of anilines is 1. The van der Waals surface area contributed by atoms with Crippen LogP contribution in [0.3, 0.4) is 0 Å². The van der Waals surface area contributed by atoms with Crippen molar-refractivity contribution in [2.24, 2.45) is 0 Å². The standard InChI is InChI=1S/C15H16F2N4O4/c1-15(2,3)21-7-18-11(20-21)12(22)19-9-5-4-8(13(23)24)6-10(9)25-14(16)17/h4-7,14H,1-3H3,(H,19,22)(H,23,24). The average Bonchev–Trinajstić information content (AvgIpc) is 2.98. The first-order chi connectivity index (χ1) is 11.6. The number of carboxylic acids is 1. The molecule has 1 aromatic heterocycles. The fourth-order valence-electron chi connectivity index (χ4n) is 1.82. The first-order valence-corrected chi connectivity index (χ1v) is 7.13. The van der Waals surface area contributed by atoms with Crippen molar-refractivity contribution in [2.45, 2.75) is 32.9 Å². The summed E-state index contributed by atoms with van der Waals surface area (Å²) in [6.45, 7) is 2.41. The van der Waals surface area contributed by atoms with Gasteiger partial charge in [-0.3, -0.25) is 4.79 Å². The molecular formula is C15H16F2N4O4. The van der Waals surface area contributed by atoms with Crippen LogP contribution in [-0.4, -0.2) is 38.4 Å². The van der Waals surface area contributed by atoms with Crippen molar-refractivity contribution in [3.8, 4) is 5.75 Å². The van der Waals surface area contributed by atoms with Crippen molar-refractivity contribution in [2.75, 3.05) is 5.32 Å². The van der Waals surface area contributed by atoms with E-state index in [-0.39, 0.29) is 17.1 Å². The lowest BCUT2D eigenvalue weighted by molar-refractivity contribution is -0.0494. The van der Waals surface area contributed by atoms with Crippen LogP contribution in [0, 0.1) is 0 Å².